The summed E-state index contributed by atoms with van der Waals surface area (Å²) in [7, 11) is 0. The van der Waals surface area contributed by atoms with E-state index in [0.717, 1.165) is 0 Å². The maximum atomic E-state index is 13.3. The van der Waals surface area contributed by atoms with Gasteiger partial charge >= 0.3 is 12.4 Å². The third-order valence-corrected chi connectivity index (χ3v) is 3.77. The van der Waals surface area contributed by atoms with Crippen LogP contribution in [-0.4, -0.2) is 14.6 Å². The van der Waals surface area contributed by atoms with Gasteiger partial charge in [0.2, 0.25) is 0 Å². The Hall–Kier alpha value is -3.86. The average Bonchev–Trinajstić information content (AvgIpc) is 3.02. The lowest BCUT2D eigenvalue weighted by Gasteiger charge is -2.12. The molecule has 0 aliphatic carbocycles. The Labute approximate surface area is 158 Å². The minimum absolute atomic E-state index is 0.0965. The van der Waals surface area contributed by atoms with E-state index in [-0.39, 0.29) is 16.2 Å². The fourth-order valence-corrected chi connectivity index (χ4v) is 2.53. The number of fused-ring (bicyclic) bond motifs is 1. The first-order valence-corrected chi connectivity index (χ1v) is 7.71. The lowest BCUT2D eigenvalue weighted by atomic mass is 10.1. The predicted molar refractivity (Wildman–Crippen MR) is 87.6 cm³/mol. The first-order valence-electron chi connectivity index (χ1n) is 7.71. The second-order valence-corrected chi connectivity index (χ2v) is 5.67. The number of alkyl halides is 6. The van der Waals surface area contributed by atoms with Crippen LogP contribution in [0.3, 0.4) is 0 Å². The van der Waals surface area contributed by atoms with E-state index in [1.54, 1.807) is 36.4 Å². The lowest BCUT2D eigenvalue weighted by molar-refractivity contribution is -0.148. The van der Waals surface area contributed by atoms with E-state index in [0.29, 0.717) is 5.56 Å². The standard InChI is InChI=1S/C18H7F6N5/c19-17(20,21)13-7-14(18(22,23)24)29-16(27-13)12(9-26)15(28-29)11(8-25)6-10-4-2-1-3-5-10/h1-7H/b11-6+. The maximum Gasteiger partial charge on any atom is 0.433 e. The minimum Gasteiger partial charge on any atom is -0.223 e. The van der Waals surface area contributed by atoms with Gasteiger partial charge in [0, 0.05) is 0 Å². The minimum atomic E-state index is -5.22. The number of aromatic nitrogens is 3. The quantitative estimate of drug-likeness (QED) is 0.456. The molecular weight excluding hydrogens is 400 g/mol. The number of nitrogens with zero attached hydrogens (tertiary/aromatic N) is 5. The van der Waals surface area contributed by atoms with E-state index in [4.69, 9.17) is 0 Å². The Kier molecular flexibility index (Phi) is 4.76. The average molecular weight is 407 g/mol. The predicted octanol–water partition coefficient (Wildman–Crippen LogP) is 4.70. The summed E-state index contributed by atoms with van der Waals surface area (Å²) in [5, 5.41) is 22.4. The summed E-state index contributed by atoms with van der Waals surface area (Å²) in [6, 6.07) is 11.1. The normalized spacial score (nSPS) is 12.6. The first kappa shape index (κ1) is 19.9. The van der Waals surface area contributed by atoms with Crippen molar-refractivity contribution in [1.82, 2.24) is 14.6 Å². The number of allylic oxidation sites excluding steroid dienone is 1. The number of hydrogen-bond donors (Lipinski definition) is 0. The number of halogens is 6. The molecule has 0 atom stereocenters. The van der Waals surface area contributed by atoms with Gasteiger partial charge in [-0.2, -0.15) is 42.0 Å². The van der Waals surface area contributed by atoms with Crippen LogP contribution in [0, 0.1) is 22.7 Å². The summed E-state index contributed by atoms with van der Waals surface area (Å²) >= 11 is 0. The molecule has 29 heavy (non-hydrogen) atoms. The van der Waals surface area contributed by atoms with E-state index in [9.17, 15) is 36.9 Å². The van der Waals surface area contributed by atoms with E-state index in [1.807, 2.05) is 0 Å². The summed E-state index contributed by atoms with van der Waals surface area (Å²) in [6.07, 6.45) is -9.15. The summed E-state index contributed by atoms with van der Waals surface area (Å²) in [5.41, 5.74) is -5.55. The summed E-state index contributed by atoms with van der Waals surface area (Å²) in [5.74, 6) is 0. The van der Waals surface area contributed by atoms with Crippen LogP contribution in [0.25, 0.3) is 17.3 Å². The van der Waals surface area contributed by atoms with Crippen LogP contribution in [0.4, 0.5) is 26.3 Å². The maximum absolute atomic E-state index is 13.3. The molecule has 3 aromatic rings. The van der Waals surface area contributed by atoms with Crippen molar-refractivity contribution in [2.45, 2.75) is 12.4 Å². The highest BCUT2D eigenvalue weighted by atomic mass is 19.4. The van der Waals surface area contributed by atoms with Crippen LogP contribution in [0.1, 0.15) is 28.2 Å². The number of hydrogen-bond acceptors (Lipinski definition) is 4. The molecule has 0 N–H and O–H groups in total. The highest BCUT2D eigenvalue weighted by Crippen LogP contribution is 2.36. The van der Waals surface area contributed by atoms with Gasteiger partial charge in [-0.25, -0.2) is 9.50 Å². The number of rotatable bonds is 2. The van der Waals surface area contributed by atoms with Gasteiger partial charge < -0.3 is 0 Å². The number of benzene rings is 1. The molecule has 146 valence electrons. The molecule has 0 aliphatic rings. The van der Waals surface area contributed by atoms with Crippen molar-refractivity contribution < 1.29 is 26.3 Å². The number of nitriles is 2. The topological polar surface area (TPSA) is 77.8 Å². The highest BCUT2D eigenvalue weighted by molar-refractivity contribution is 5.91. The SMILES string of the molecule is N#C/C(=C\c1ccccc1)c1nn2c(C(F)(F)F)cc(C(F)(F)F)nc2c1C#N. The van der Waals surface area contributed by atoms with Crippen LogP contribution in [-0.2, 0) is 12.4 Å². The molecule has 1 aromatic carbocycles. The summed E-state index contributed by atoms with van der Waals surface area (Å²) in [4.78, 5) is 3.15. The second kappa shape index (κ2) is 6.95. The van der Waals surface area contributed by atoms with Crippen LogP contribution < -0.4 is 0 Å². The lowest BCUT2D eigenvalue weighted by Crippen LogP contribution is -2.18. The molecule has 2 heterocycles. The third-order valence-electron chi connectivity index (χ3n) is 3.77. The molecule has 0 unspecified atom stereocenters. The molecule has 0 amide bonds. The fraction of sp³-hybridized carbons (Fsp3) is 0.111. The van der Waals surface area contributed by atoms with E-state index in [2.05, 4.69) is 10.1 Å². The van der Waals surface area contributed by atoms with Crippen molar-refractivity contribution in [3.05, 3.63) is 64.6 Å². The molecule has 5 nitrogen and oxygen atoms in total. The zero-order valence-electron chi connectivity index (χ0n) is 14.0. The Morgan fingerprint density at radius 1 is 1.00 bits per heavy atom. The van der Waals surface area contributed by atoms with E-state index < -0.39 is 40.6 Å². The van der Waals surface area contributed by atoms with Gasteiger partial charge in [-0.15, -0.1) is 0 Å². The van der Waals surface area contributed by atoms with E-state index in [1.165, 1.54) is 12.1 Å². The monoisotopic (exact) mass is 407 g/mol. The Morgan fingerprint density at radius 3 is 2.17 bits per heavy atom. The molecule has 3 rings (SSSR count). The molecular formula is C18H7F6N5. The molecule has 0 saturated carbocycles. The fourth-order valence-electron chi connectivity index (χ4n) is 2.53. The Balaban J connectivity index is 2.37. The molecule has 0 bridgehead atoms. The van der Waals surface area contributed by atoms with Gasteiger partial charge in [0.25, 0.3) is 0 Å². The highest BCUT2D eigenvalue weighted by Gasteiger charge is 2.41. The van der Waals surface area contributed by atoms with Gasteiger partial charge in [-0.05, 0) is 17.7 Å². The van der Waals surface area contributed by atoms with Crippen molar-refractivity contribution in [1.29, 1.82) is 10.5 Å². The van der Waals surface area contributed by atoms with Crippen molar-refractivity contribution in [3.63, 3.8) is 0 Å². The second-order valence-electron chi connectivity index (χ2n) is 5.67. The van der Waals surface area contributed by atoms with Crippen LogP contribution in [0.5, 0.6) is 0 Å². The largest absolute Gasteiger partial charge is 0.433 e. The van der Waals surface area contributed by atoms with Gasteiger partial charge in [-0.1, -0.05) is 30.3 Å². The molecule has 11 heteroatoms. The molecule has 0 spiro atoms. The first-order chi connectivity index (χ1) is 13.6. The molecule has 0 aliphatic heterocycles. The van der Waals surface area contributed by atoms with Crippen molar-refractivity contribution in [2.24, 2.45) is 0 Å². The van der Waals surface area contributed by atoms with Crippen molar-refractivity contribution in [3.8, 4) is 12.1 Å². The summed E-state index contributed by atoms with van der Waals surface area (Å²) < 4.78 is 79.2. The molecule has 0 saturated heterocycles. The van der Waals surface area contributed by atoms with Gasteiger partial charge in [0.1, 0.15) is 29.1 Å². The Morgan fingerprint density at radius 2 is 1.66 bits per heavy atom. The van der Waals surface area contributed by atoms with Crippen LogP contribution in [0.15, 0.2) is 36.4 Å². The van der Waals surface area contributed by atoms with Gasteiger partial charge in [0.15, 0.2) is 11.3 Å². The van der Waals surface area contributed by atoms with Gasteiger partial charge in [-0.3, -0.25) is 0 Å². The smallest absolute Gasteiger partial charge is 0.223 e. The third kappa shape index (κ3) is 3.75. The Bertz CT molecular complexity index is 1190. The van der Waals surface area contributed by atoms with Crippen LogP contribution in [0.2, 0.25) is 0 Å². The van der Waals surface area contributed by atoms with Crippen molar-refractivity contribution >= 4 is 17.3 Å². The van der Waals surface area contributed by atoms with Crippen molar-refractivity contribution in [2.75, 3.05) is 0 Å². The van der Waals surface area contributed by atoms with Crippen LogP contribution >= 0.6 is 0 Å². The molecule has 2 aromatic heterocycles. The van der Waals surface area contributed by atoms with Gasteiger partial charge in [0.05, 0.1) is 5.57 Å². The zero-order chi connectivity index (χ0) is 21.4. The zero-order valence-corrected chi connectivity index (χ0v) is 14.0. The molecule has 0 radical (unpaired) electrons. The molecule has 0 fully saturated rings. The van der Waals surface area contributed by atoms with E-state index >= 15 is 0 Å². The summed E-state index contributed by atoms with van der Waals surface area (Å²) in [6.45, 7) is 0.